The molecule has 1 spiro atoms. The standard InChI is InChI=1S/C49H30BrN.2C36H22BrNS/c50-35-23-20-31(21-24-35)32-10-9-11-33(28-32)34-22-27-48-42(29-34)40-15-4-8-19-47(40)51(48)36-25-26-46-41(30-36)39-14-3-7-18-45(39)49(46)43-16-5-1-12-37(43)38-13-2-6-17-44(38)49;37-27-15-12-23(13-16-27)24-6-5-7-25(20-24)26-14-19-34-32(21-26)29-8-1-3-10-33(29)38(34)28-17-18-31-30-9-2-4-11-35(30)39-36(31)22-28;37-27-15-12-23(13-16-27)24-6-5-7-25(20-24)26-14-18-34-31(21-26)29-8-1-3-10-33(29)38(34)28-17-19-36-32(22-28)30-9-2-4-11-35(30)39-36/h1-30H;2*1-22H. The highest BCUT2D eigenvalue weighted by atomic mass is 79.9. The maximum atomic E-state index is 3.58. The molecule has 0 bridgehead atoms. The van der Waals surface area contributed by atoms with E-state index in [1.54, 1.807) is 0 Å². The predicted molar refractivity (Wildman–Crippen MR) is 560 cm³/mol. The van der Waals surface area contributed by atoms with Crippen molar-refractivity contribution in [1.82, 2.24) is 13.7 Å². The van der Waals surface area contributed by atoms with Crippen molar-refractivity contribution in [2.45, 2.75) is 5.41 Å². The molecular weight excluding hydrogens is 1800 g/mol. The van der Waals surface area contributed by atoms with Crippen molar-refractivity contribution in [2.75, 3.05) is 0 Å². The van der Waals surface area contributed by atoms with E-state index in [9.17, 15) is 0 Å². The second-order valence-corrected chi connectivity index (χ2v) is 38.6. The fourth-order valence-corrected chi connectivity index (χ4v) is 23.8. The van der Waals surface area contributed by atoms with E-state index in [1.165, 1.54) is 234 Å². The summed E-state index contributed by atoms with van der Waals surface area (Å²) in [5.41, 5.74) is 36.0. The van der Waals surface area contributed by atoms with Crippen molar-refractivity contribution >= 4 is 176 Å². The van der Waals surface area contributed by atoms with Crippen LogP contribution in [0.2, 0.25) is 0 Å². The molecule has 0 radical (unpaired) electrons. The Morgan fingerprint density at radius 1 is 0.163 bits per heavy atom. The lowest BCUT2D eigenvalue weighted by atomic mass is 9.70. The lowest BCUT2D eigenvalue weighted by molar-refractivity contribution is 0.793. The van der Waals surface area contributed by atoms with Crippen LogP contribution in [0.4, 0.5) is 0 Å². The van der Waals surface area contributed by atoms with Crippen LogP contribution < -0.4 is 0 Å². The molecule has 5 aromatic heterocycles. The van der Waals surface area contributed by atoms with Gasteiger partial charge in [0, 0.05) is 103 Å². The smallest absolute Gasteiger partial charge is 0.0725 e. The molecule has 0 aliphatic heterocycles. The van der Waals surface area contributed by atoms with Gasteiger partial charge < -0.3 is 13.7 Å². The van der Waals surface area contributed by atoms with Crippen molar-refractivity contribution in [2.24, 2.45) is 0 Å². The van der Waals surface area contributed by atoms with Crippen molar-refractivity contribution in [3.05, 3.63) is 485 Å². The molecule has 8 heteroatoms. The average molecular weight is 1870 g/mol. The summed E-state index contributed by atoms with van der Waals surface area (Å²) in [6.45, 7) is 0. The molecule has 606 valence electrons. The zero-order valence-electron chi connectivity index (χ0n) is 69.5. The number of benzene rings is 20. The van der Waals surface area contributed by atoms with Gasteiger partial charge in [0.1, 0.15) is 0 Å². The number of para-hydroxylation sites is 3. The number of fused-ring (bicyclic) bond motifs is 25. The summed E-state index contributed by atoms with van der Waals surface area (Å²) in [7, 11) is 0. The van der Waals surface area contributed by atoms with Crippen molar-refractivity contribution in [1.29, 1.82) is 0 Å². The Hall–Kier alpha value is -14.3. The minimum Gasteiger partial charge on any atom is -0.309 e. The van der Waals surface area contributed by atoms with Gasteiger partial charge in [0.2, 0.25) is 0 Å². The lowest BCUT2D eigenvalue weighted by Gasteiger charge is -2.30. The van der Waals surface area contributed by atoms with E-state index in [4.69, 9.17) is 0 Å². The highest BCUT2D eigenvalue weighted by molar-refractivity contribution is 9.11. The minimum absolute atomic E-state index is 0.335. The van der Waals surface area contributed by atoms with Gasteiger partial charge in [-0.05, 0) is 275 Å². The molecule has 3 nitrogen and oxygen atoms in total. The van der Waals surface area contributed by atoms with Crippen LogP contribution in [0.5, 0.6) is 0 Å². The van der Waals surface area contributed by atoms with Crippen LogP contribution >= 0.6 is 70.5 Å². The number of rotatable bonds is 9. The van der Waals surface area contributed by atoms with Crippen LogP contribution in [0.25, 0.3) is 212 Å². The fraction of sp³-hybridized carbons (Fsp3) is 0.00826. The topological polar surface area (TPSA) is 14.8 Å². The third-order valence-electron chi connectivity index (χ3n) is 26.6. The summed E-state index contributed by atoms with van der Waals surface area (Å²) >= 11 is 14.4. The van der Waals surface area contributed by atoms with Gasteiger partial charge in [-0.2, -0.15) is 0 Å². The largest absolute Gasteiger partial charge is 0.309 e. The molecule has 0 fully saturated rings. The first-order valence-electron chi connectivity index (χ1n) is 43.6. The summed E-state index contributed by atoms with van der Waals surface area (Å²) in [6, 6.07) is 165. The van der Waals surface area contributed by atoms with E-state index in [1.807, 2.05) is 22.7 Å². The Morgan fingerprint density at radius 2 is 0.450 bits per heavy atom. The number of hydrogen-bond acceptors (Lipinski definition) is 2. The summed E-state index contributed by atoms with van der Waals surface area (Å²) in [4.78, 5) is 0. The van der Waals surface area contributed by atoms with E-state index in [2.05, 4.69) is 510 Å². The monoisotopic (exact) mass is 1870 g/mol. The van der Waals surface area contributed by atoms with Crippen molar-refractivity contribution in [3.63, 3.8) is 0 Å². The number of thiophene rings is 2. The van der Waals surface area contributed by atoms with Crippen molar-refractivity contribution < 1.29 is 0 Å². The van der Waals surface area contributed by atoms with Crippen LogP contribution in [0, 0.1) is 0 Å². The van der Waals surface area contributed by atoms with Crippen molar-refractivity contribution in [3.8, 4) is 106 Å². The molecule has 2 aliphatic rings. The predicted octanol–water partition coefficient (Wildman–Crippen LogP) is 35.7. The second kappa shape index (κ2) is 31.3. The Balaban J connectivity index is 0.000000106. The molecule has 20 aromatic carbocycles. The normalized spacial score (nSPS) is 12.4. The first-order chi connectivity index (χ1) is 63.6. The summed E-state index contributed by atoms with van der Waals surface area (Å²) in [5, 5.41) is 12.9. The third-order valence-corrected chi connectivity index (χ3v) is 30.5. The summed E-state index contributed by atoms with van der Waals surface area (Å²) < 4.78 is 15.9. The van der Waals surface area contributed by atoms with E-state index in [0.29, 0.717) is 0 Å². The molecule has 0 saturated heterocycles. The number of halogens is 3. The first kappa shape index (κ1) is 77.1. The van der Waals surface area contributed by atoms with Gasteiger partial charge in [0.15, 0.2) is 0 Å². The van der Waals surface area contributed by atoms with E-state index in [-0.39, 0.29) is 5.41 Å². The molecule has 27 rings (SSSR count). The molecule has 2 aliphatic carbocycles. The van der Waals surface area contributed by atoms with Gasteiger partial charge in [0.25, 0.3) is 0 Å². The molecule has 0 atom stereocenters. The first-order valence-corrected chi connectivity index (χ1v) is 47.6. The van der Waals surface area contributed by atoms with E-state index >= 15 is 0 Å². The highest BCUT2D eigenvalue weighted by Gasteiger charge is 2.51. The number of hydrogen-bond donors (Lipinski definition) is 0. The van der Waals surface area contributed by atoms with E-state index < -0.39 is 0 Å². The average Bonchev–Trinajstić information content (AvgIpc) is 1.50. The van der Waals surface area contributed by atoms with Crippen LogP contribution in [-0.2, 0) is 5.41 Å². The molecule has 129 heavy (non-hydrogen) atoms. The SMILES string of the molecule is Brc1ccc(-c2cccc(-c3ccc4c(c3)c3ccccc3n4-c3ccc4c(c3)-c3ccccc3C43c4ccccc4-c4ccccc43)c2)cc1.Brc1ccc(-c2cccc(-c3ccc4c(c3)c3ccccc3n4-c3ccc4c(c3)sc3ccccc34)c2)cc1.Brc1ccc(-c2cccc(-c3ccc4c(c3)c3ccccc3n4-c3ccc4sc5ccccc5c4c3)c2)cc1. The molecule has 0 N–H and O–H groups in total. The van der Waals surface area contributed by atoms with Gasteiger partial charge >= 0.3 is 0 Å². The van der Waals surface area contributed by atoms with Crippen LogP contribution in [0.15, 0.2) is 462 Å². The maximum Gasteiger partial charge on any atom is 0.0725 e. The highest BCUT2D eigenvalue weighted by Crippen LogP contribution is 2.63. The summed E-state index contributed by atoms with van der Waals surface area (Å²) in [6.07, 6.45) is 0. The maximum absolute atomic E-state index is 3.58. The third kappa shape index (κ3) is 12.9. The Labute approximate surface area is 779 Å². The zero-order valence-corrected chi connectivity index (χ0v) is 75.9. The van der Waals surface area contributed by atoms with Crippen LogP contribution in [0.3, 0.4) is 0 Å². The summed E-state index contributed by atoms with van der Waals surface area (Å²) in [5.74, 6) is 0. The quantitative estimate of drug-likeness (QED) is 0.137. The Morgan fingerprint density at radius 3 is 0.884 bits per heavy atom. The van der Waals surface area contributed by atoms with Gasteiger partial charge in [-0.25, -0.2) is 0 Å². The van der Waals surface area contributed by atoms with Crippen LogP contribution in [-0.4, -0.2) is 13.7 Å². The lowest BCUT2D eigenvalue weighted by Crippen LogP contribution is -2.25. The molecule has 25 aromatic rings. The van der Waals surface area contributed by atoms with Gasteiger partial charge in [-0.15, -0.1) is 22.7 Å². The molecule has 5 heterocycles. The van der Waals surface area contributed by atoms with Gasteiger partial charge in [-0.3, -0.25) is 0 Å². The number of aromatic nitrogens is 3. The Kier molecular flexibility index (Phi) is 18.7. The Bertz CT molecular complexity index is 8810. The fourth-order valence-electron chi connectivity index (χ4n) is 20.8. The molecular formula is C121H74Br3N3S2. The zero-order chi connectivity index (χ0) is 85.5. The van der Waals surface area contributed by atoms with Gasteiger partial charge in [-0.1, -0.05) is 333 Å². The molecule has 0 unspecified atom stereocenters. The minimum atomic E-state index is -0.335. The molecule has 0 amide bonds. The number of nitrogens with zero attached hydrogens (tertiary/aromatic N) is 3. The van der Waals surface area contributed by atoms with Gasteiger partial charge in [0.05, 0.1) is 38.5 Å². The molecule has 0 saturated carbocycles. The van der Waals surface area contributed by atoms with Crippen LogP contribution in [0.1, 0.15) is 22.3 Å². The second-order valence-electron chi connectivity index (χ2n) is 33.7. The van der Waals surface area contributed by atoms with E-state index in [0.717, 1.165) is 13.4 Å².